The number of benzene rings is 1. The number of aryl methyl sites for hydroxylation is 1. The highest BCUT2D eigenvalue weighted by Crippen LogP contribution is 2.20. The lowest BCUT2D eigenvalue weighted by Gasteiger charge is -2.13. The molecule has 0 aliphatic carbocycles. The van der Waals surface area contributed by atoms with E-state index < -0.39 is 0 Å². The van der Waals surface area contributed by atoms with E-state index in [-0.39, 0.29) is 6.04 Å². The van der Waals surface area contributed by atoms with Gasteiger partial charge in [-0.25, -0.2) is 0 Å². The van der Waals surface area contributed by atoms with Crippen molar-refractivity contribution in [2.24, 2.45) is 0 Å². The molecule has 19 heavy (non-hydrogen) atoms. The number of nitrogens with one attached hydrogen (secondary N) is 1. The topological polar surface area (TPSA) is 29.1 Å². The van der Waals surface area contributed by atoms with Crippen molar-refractivity contribution in [3.8, 4) is 0 Å². The third-order valence-electron chi connectivity index (χ3n) is 2.53. The van der Waals surface area contributed by atoms with E-state index in [1.54, 1.807) is 7.05 Å². The second-order valence-electron chi connectivity index (χ2n) is 3.65. The fourth-order valence-corrected chi connectivity index (χ4v) is 1.56. The standard InChI is InChI=1S/C13H17NO.2C2H6/c1-10-6-4-5-7-13(10)11(2)8-12(9-15)14-3;2*1-2/h4-7,9,12,14H,2,8H2,1,3H3;2*1-2H3. The third kappa shape index (κ3) is 7.58. The van der Waals surface area contributed by atoms with Crippen molar-refractivity contribution in [1.29, 1.82) is 0 Å². The minimum atomic E-state index is -0.142. The number of carbonyl (C=O) groups excluding carboxylic acids is 1. The first-order chi connectivity index (χ1) is 9.19. The number of aldehydes is 1. The lowest BCUT2D eigenvalue weighted by molar-refractivity contribution is -0.109. The van der Waals surface area contributed by atoms with Gasteiger partial charge in [-0.1, -0.05) is 58.5 Å². The zero-order chi connectivity index (χ0) is 15.3. The smallest absolute Gasteiger partial charge is 0.137 e. The van der Waals surface area contributed by atoms with Gasteiger partial charge in [-0.2, -0.15) is 0 Å². The molecule has 0 amide bonds. The van der Waals surface area contributed by atoms with Gasteiger partial charge in [0.1, 0.15) is 6.29 Å². The highest BCUT2D eigenvalue weighted by Gasteiger charge is 2.08. The van der Waals surface area contributed by atoms with Gasteiger partial charge in [-0.05, 0) is 37.1 Å². The SMILES string of the molecule is C=C(CC(C=O)NC)c1ccccc1C.CC.CC. The maximum absolute atomic E-state index is 10.7. The summed E-state index contributed by atoms with van der Waals surface area (Å²) in [6.45, 7) is 14.1. The van der Waals surface area contributed by atoms with Crippen molar-refractivity contribution in [3.63, 3.8) is 0 Å². The van der Waals surface area contributed by atoms with Crippen LogP contribution >= 0.6 is 0 Å². The quantitative estimate of drug-likeness (QED) is 0.805. The molecule has 1 aromatic carbocycles. The molecule has 1 unspecified atom stereocenters. The summed E-state index contributed by atoms with van der Waals surface area (Å²) in [6, 6.07) is 7.94. The van der Waals surface area contributed by atoms with Crippen molar-refractivity contribution in [2.45, 2.75) is 47.1 Å². The Balaban J connectivity index is 0. The van der Waals surface area contributed by atoms with Crippen LogP contribution in [0.25, 0.3) is 5.57 Å². The van der Waals surface area contributed by atoms with Gasteiger partial charge in [-0.15, -0.1) is 0 Å². The lowest BCUT2D eigenvalue weighted by Crippen LogP contribution is -2.26. The Morgan fingerprint density at radius 3 is 2.21 bits per heavy atom. The predicted molar refractivity (Wildman–Crippen MR) is 86.4 cm³/mol. The number of rotatable bonds is 5. The van der Waals surface area contributed by atoms with E-state index >= 15 is 0 Å². The molecule has 0 aromatic heterocycles. The highest BCUT2D eigenvalue weighted by atomic mass is 16.1. The molecule has 0 saturated heterocycles. The Kier molecular flexibility index (Phi) is 13.7. The largest absolute Gasteiger partial charge is 0.311 e. The van der Waals surface area contributed by atoms with E-state index in [0.29, 0.717) is 6.42 Å². The first-order valence-electron chi connectivity index (χ1n) is 7.05. The second-order valence-corrected chi connectivity index (χ2v) is 3.65. The average Bonchev–Trinajstić information content (AvgIpc) is 2.49. The molecule has 0 radical (unpaired) electrons. The van der Waals surface area contributed by atoms with E-state index in [1.807, 2.05) is 45.9 Å². The number of likely N-dealkylation sites (N-methyl/N-ethyl adjacent to an activating group) is 1. The van der Waals surface area contributed by atoms with Crippen LogP contribution in [0.3, 0.4) is 0 Å². The van der Waals surface area contributed by atoms with Crippen LogP contribution in [0.5, 0.6) is 0 Å². The van der Waals surface area contributed by atoms with E-state index in [4.69, 9.17) is 0 Å². The molecule has 1 rings (SSSR count). The Morgan fingerprint density at radius 1 is 1.26 bits per heavy atom. The van der Waals surface area contributed by atoms with Crippen LogP contribution in [0.15, 0.2) is 30.8 Å². The van der Waals surface area contributed by atoms with E-state index in [1.165, 1.54) is 5.56 Å². The van der Waals surface area contributed by atoms with Crippen molar-refractivity contribution >= 4 is 11.9 Å². The first-order valence-corrected chi connectivity index (χ1v) is 7.05. The zero-order valence-corrected chi connectivity index (χ0v) is 13.3. The van der Waals surface area contributed by atoms with E-state index in [2.05, 4.69) is 24.9 Å². The van der Waals surface area contributed by atoms with Crippen LogP contribution in [0.2, 0.25) is 0 Å². The summed E-state index contributed by atoms with van der Waals surface area (Å²) in [5.74, 6) is 0. The maximum Gasteiger partial charge on any atom is 0.137 e. The molecule has 0 aliphatic heterocycles. The average molecular weight is 263 g/mol. The number of hydrogen-bond donors (Lipinski definition) is 1. The van der Waals surface area contributed by atoms with Crippen LogP contribution in [-0.4, -0.2) is 19.4 Å². The Hall–Kier alpha value is -1.41. The van der Waals surface area contributed by atoms with E-state index in [0.717, 1.165) is 17.4 Å². The molecule has 1 aromatic rings. The fraction of sp³-hybridized carbons (Fsp3) is 0.471. The van der Waals surface area contributed by atoms with Crippen LogP contribution in [0.4, 0.5) is 0 Å². The highest BCUT2D eigenvalue weighted by molar-refractivity contribution is 5.71. The van der Waals surface area contributed by atoms with Gasteiger partial charge < -0.3 is 10.1 Å². The minimum Gasteiger partial charge on any atom is -0.311 e. The lowest BCUT2D eigenvalue weighted by atomic mass is 9.97. The van der Waals surface area contributed by atoms with Gasteiger partial charge in [0.05, 0.1) is 6.04 Å². The summed E-state index contributed by atoms with van der Waals surface area (Å²) >= 11 is 0. The summed E-state index contributed by atoms with van der Waals surface area (Å²) in [7, 11) is 1.78. The van der Waals surface area contributed by atoms with E-state index in [9.17, 15) is 4.79 Å². The Morgan fingerprint density at radius 2 is 1.79 bits per heavy atom. The molecule has 0 aliphatic rings. The second kappa shape index (κ2) is 13.0. The van der Waals surface area contributed by atoms with Gasteiger partial charge in [0.25, 0.3) is 0 Å². The summed E-state index contributed by atoms with van der Waals surface area (Å²) in [4.78, 5) is 10.7. The van der Waals surface area contributed by atoms with Crippen LogP contribution in [-0.2, 0) is 4.79 Å². The zero-order valence-electron chi connectivity index (χ0n) is 13.3. The molecule has 108 valence electrons. The molecule has 2 heteroatoms. The normalized spacial score (nSPS) is 10.2. The molecule has 2 nitrogen and oxygen atoms in total. The van der Waals surface area contributed by atoms with Gasteiger partial charge in [0.2, 0.25) is 0 Å². The number of carbonyl (C=O) groups is 1. The molecule has 0 heterocycles. The van der Waals surface area contributed by atoms with Crippen LogP contribution in [0, 0.1) is 6.92 Å². The van der Waals surface area contributed by atoms with Crippen molar-refractivity contribution < 1.29 is 4.79 Å². The van der Waals surface area contributed by atoms with Gasteiger partial charge in [-0.3, -0.25) is 0 Å². The molecule has 1 atom stereocenters. The summed E-state index contributed by atoms with van der Waals surface area (Å²) in [5.41, 5.74) is 3.34. The summed E-state index contributed by atoms with van der Waals surface area (Å²) < 4.78 is 0. The maximum atomic E-state index is 10.7. The number of hydrogen-bond acceptors (Lipinski definition) is 2. The predicted octanol–water partition coefficient (Wildman–Crippen LogP) is 4.24. The Bertz CT molecular complexity index is 358. The Labute approximate surface area is 118 Å². The molecule has 0 fully saturated rings. The van der Waals surface area contributed by atoms with Crippen LogP contribution in [0.1, 0.15) is 45.2 Å². The molecule has 0 bridgehead atoms. The fourth-order valence-electron chi connectivity index (χ4n) is 1.56. The van der Waals surface area contributed by atoms with Gasteiger partial charge in [0, 0.05) is 0 Å². The third-order valence-corrected chi connectivity index (χ3v) is 2.53. The van der Waals surface area contributed by atoms with Crippen molar-refractivity contribution in [3.05, 3.63) is 42.0 Å². The molecule has 1 N–H and O–H groups in total. The molecule has 0 saturated carbocycles. The summed E-state index contributed by atoms with van der Waals surface area (Å²) in [6.07, 6.45) is 1.58. The van der Waals surface area contributed by atoms with Crippen molar-refractivity contribution in [2.75, 3.05) is 7.05 Å². The molecule has 0 spiro atoms. The monoisotopic (exact) mass is 263 g/mol. The molecular weight excluding hydrogens is 234 g/mol. The first kappa shape index (κ1) is 19.9. The van der Waals surface area contributed by atoms with Crippen molar-refractivity contribution in [1.82, 2.24) is 5.32 Å². The minimum absolute atomic E-state index is 0.142. The van der Waals surface area contributed by atoms with Crippen LogP contribution < -0.4 is 5.32 Å². The van der Waals surface area contributed by atoms with Gasteiger partial charge in [0.15, 0.2) is 0 Å². The summed E-state index contributed by atoms with van der Waals surface area (Å²) in [5, 5.41) is 2.94. The van der Waals surface area contributed by atoms with Gasteiger partial charge >= 0.3 is 0 Å². The molecular formula is C17H29NO.